The summed E-state index contributed by atoms with van der Waals surface area (Å²) in [5, 5.41) is 0.727. The van der Waals surface area contributed by atoms with Crippen LogP contribution in [0.1, 0.15) is 22.3 Å². The van der Waals surface area contributed by atoms with Crippen LogP contribution >= 0.6 is 23.2 Å². The minimum atomic E-state index is -3.54. The van der Waals surface area contributed by atoms with Crippen molar-refractivity contribution in [1.82, 2.24) is 4.72 Å². The summed E-state index contributed by atoms with van der Waals surface area (Å²) in [7, 11) is -3.54. The molecule has 1 N–H and O–H groups in total. The third-order valence-electron chi connectivity index (χ3n) is 4.31. The van der Waals surface area contributed by atoms with Crippen LogP contribution in [0.5, 0.6) is 0 Å². The summed E-state index contributed by atoms with van der Waals surface area (Å²) < 4.78 is 33.4. The Labute approximate surface area is 181 Å². The Kier molecular flexibility index (Phi) is 7.70. The van der Waals surface area contributed by atoms with E-state index < -0.39 is 10.0 Å². The van der Waals surface area contributed by atoms with Crippen LogP contribution < -0.4 is 4.72 Å². The number of nitrogens with one attached hydrogen (secondary N) is 1. The highest BCUT2D eigenvalue weighted by molar-refractivity contribution is 7.88. The van der Waals surface area contributed by atoms with Gasteiger partial charge >= 0.3 is 0 Å². The molecule has 0 saturated heterocycles. The highest BCUT2D eigenvalue weighted by Gasteiger charge is 2.13. The Morgan fingerprint density at radius 3 is 2.17 bits per heavy atom. The fraction of sp³-hybridized carbons (Fsp3) is 0.182. The van der Waals surface area contributed by atoms with Crippen LogP contribution in [0.25, 0.3) is 0 Å². The molecule has 0 aliphatic heterocycles. The van der Waals surface area contributed by atoms with E-state index in [1.54, 1.807) is 18.2 Å². The summed E-state index contributed by atoms with van der Waals surface area (Å²) >= 11 is 11.9. The standard InChI is InChI=1S/C22H21Cl2NO3S/c23-21-11-10-18(12-22(21)24)16-29(26,27)25-13-19-8-4-5-9-20(19)15-28-14-17-6-2-1-3-7-17/h1-12,25H,13-16H2. The van der Waals surface area contributed by atoms with Crippen molar-refractivity contribution in [2.24, 2.45) is 0 Å². The molecule has 29 heavy (non-hydrogen) atoms. The molecule has 0 atom stereocenters. The molecular weight excluding hydrogens is 429 g/mol. The molecule has 0 amide bonds. The van der Waals surface area contributed by atoms with Gasteiger partial charge in [-0.2, -0.15) is 0 Å². The fourth-order valence-electron chi connectivity index (χ4n) is 2.81. The number of hydrogen-bond acceptors (Lipinski definition) is 3. The monoisotopic (exact) mass is 449 g/mol. The van der Waals surface area contributed by atoms with Crippen molar-refractivity contribution in [3.05, 3.63) is 105 Å². The van der Waals surface area contributed by atoms with Crippen LogP contribution in [0.15, 0.2) is 72.8 Å². The maximum absolute atomic E-state index is 12.5. The smallest absolute Gasteiger partial charge is 0.216 e. The fourth-order valence-corrected chi connectivity index (χ4v) is 4.23. The third kappa shape index (κ3) is 6.84. The largest absolute Gasteiger partial charge is 0.372 e. The van der Waals surface area contributed by atoms with Crippen LogP contribution in [-0.2, 0) is 40.3 Å². The van der Waals surface area contributed by atoms with Gasteiger partial charge in [-0.15, -0.1) is 0 Å². The first-order valence-electron chi connectivity index (χ1n) is 9.03. The number of ether oxygens (including phenoxy) is 1. The molecule has 0 spiro atoms. The Morgan fingerprint density at radius 2 is 1.45 bits per heavy atom. The molecule has 4 nitrogen and oxygen atoms in total. The van der Waals surface area contributed by atoms with Crippen LogP contribution in [0.4, 0.5) is 0 Å². The predicted octanol–water partition coefficient (Wildman–Crippen LogP) is 5.33. The van der Waals surface area contributed by atoms with Gasteiger partial charge in [-0.1, -0.05) is 83.9 Å². The first-order chi connectivity index (χ1) is 13.9. The average Bonchev–Trinajstić information content (AvgIpc) is 2.71. The number of rotatable bonds is 9. The van der Waals surface area contributed by atoms with Gasteiger partial charge in [-0.05, 0) is 34.4 Å². The van der Waals surface area contributed by atoms with Gasteiger partial charge in [0.2, 0.25) is 10.0 Å². The van der Waals surface area contributed by atoms with E-state index in [1.807, 2.05) is 54.6 Å². The molecule has 152 valence electrons. The zero-order valence-electron chi connectivity index (χ0n) is 15.6. The molecule has 0 unspecified atom stereocenters. The first-order valence-corrected chi connectivity index (χ1v) is 11.4. The molecule has 0 aromatic heterocycles. The maximum atomic E-state index is 12.5. The minimum Gasteiger partial charge on any atom is -0.372 e. The van der Waals surface area contributed by atoms with E-state index >= 15 is 0 Å². The van der Waals surface area contributed by atoms with Crippen LogP contribution in [-0.4, -0.2) is 8.42 Å². The molecule has 0 saturated carbocycles. The number of halogens is 2. The lowest BCUT2D eigenvalue weighted by Gasteiger charge is -2.12. The maximum Gasteiger partial charge on any atom is 0.216 e. The van der Waals surface area contributed by atoms with E-state index in [1.165, 1.54) is 0 Å². The molecule has 0 bridgehead atoms. The molecule has 3 rings (SSSR count). The van der Waals surface area contributed by atoms with Gasteiger partial charge in [-0.3, -0.25) is 0 Å². The molecule has 3 aromatic rings. The van der Waals surface area contributed by atoms with Gasteiger partial charge in [0.25, 0.3) is 0 Å². The van der Waals surface area contributed by atoms with Crippen LogP contribution in [0, 0.1) is 0 Å². The average molecular weight is 450 g/mol. The SMILES string of the molecule is O=S(=O)(Cc1ccc(Cl)c(Cl)c1)NCc1ccccc1COCc1ccccc1. The van der Waals surface area contributed by atoms with Gasteiger partial charge in [0.1, 0.15) is 0 Å². The quantitative estimate of drug-likeness (QED) is 0.480. The number of benzene rings is 3. The lowest BCUT2D eigenvalue weighted by molar-refractivity contribution is 0.106. The van der Waals surface area contributed by atoms with Crippen molar-refractivity contribution in [2.75, 3.05) is 0 Å². The van der Waals surface area contributed by atoms with E-state index in [4.69, 9.17) is 27.9 Å². The number of hydrogen-bond donors (Lipinski definition) is 1. The van der Waals surface area contributed by atoms with Crippen molar-refractivity contribution in [1.29, 1.82) is 0 Å². The van der Waals surface area contributed by atoms with Gasteiger partial charge in [-0.25, -0.2) is 13.1 Å². The molecular formula is C22H21Cl2NO3S. The zero-order chi connectivity index (χ0) is 20.7. The normalized spacial score (nSPS) is 11.5. The second kappa shape index (κ2) is 10.2. The van der Waals surface area contributed by atoms with Gasteiger partial charge in [0.05, 0.1) is 29.0 Å². The molecule has 3 aromatic carbocycles. The summed E-state index contributed by atoms with van der Waals surface area (Å²) in [5.74, 6) is -0.170. The third-order valence-corrected chi connectivity index (χ3v) is 6.35. The van der Waals surface area contributed by atoms with Crippen molar-refractivity contribution >= 4 is 33.2 Å². The summed E-state index contributed by atoms with van der Waals surface area (Å²) in [5.41, 5.74) is 3.48. The van der Waals surface area contributed by atoms with E-state index in [0.29, 0.717) is 28.8 Å². The Hall–Kier alpha value is -1.89. The molecule has 0 aliphatic carbocycles. The van der Waals surface area contributed by atoms with E-state index in [9.17, 15) is 8.42 Å². The van der Waals surface area contributed by atoms with Crippen LogP contribution in [0.2, 0.25) is 10.0 Å². The van der Waals surface area contributed by atoms with Crippen LogP contribution in [0.3, 0.4) is 0 Å². The minimum absolute atomic E-state index is 0.170. The van der Waals surface area contributed by atoms with Gasteiger partial charge < -0.3 is 4.74 Å². The molecule has 0 radical (unpaired) electrons. The Morgan fingerprint density at radius 1 is 0.759 bits per heavy atom. The van der Waals surface area contributed by atoms with Crippen molar-refractivity contribution in [3.8, 4) is 0 Å². The lowest BCUT2D eigenvalue weighted by Crippen LogP contribution is -2.25. The van der Waals surface area contributed by atoms with Gasteiger partial charge in [0.15, 0.2) is 0 Å². The summed E-state index contributed by atoms with van der Waals surface area (Å²) in [6, 6.07) is 22.3. The Bertz CT molecular complexity index is 1060. The van der Waals surface area contributed by atoms with E-state index in [-0.39, 0.29) is 12.3 Å². The molecule has 0 aliphatic rings. The Balaban J connectivity index is 1.58. The molecule has 0 heterocycles. The second-order valence-corrected chi connectivity index (χ2v) is 9.20. The number of sulfonamides is 1. The van der Waals surface area contributed by atoms with Crippen molar-refractivity contribution in [3.63, 3.8) is 0 Å². The van der Waals surface area contributed by atoms with E-state index in [0.717, 1.165) is 16.7 Å². The van der Waals surface area contributed by atoms with E-state index in [2.05, 4.69) is 4.72 Å². The predicted molar refractivity (Wildman–Crippen MR) is 117 cm³/mol. The summed E-state index contributed by atoms with van der Waals surface area (Å²) in [6.45, 7) is 1.09. The highest BCUT2D eigenvalue weighted by Crippen LogP contribution is 2.23. The first kappa shape index (κ1) is 21.8. The lowest BCUT2D eigenvalue weighted by atomic mass is 10.1. The van der Waals surface area contributed by atoms with Crippen molar-refractivity contribution in [2.45, 2.75) is 25.5 Å². The van der Waals surface area contributed by atoms with Crippen molar-refractivity contribution < 1.29 is 13.2 Å². The molecule has 0 fully saturated rings. The van der Waals surface area contributed by atoms with Gasteiger partial charge in [0, 0.05) is 6.54 Å². The second-order valence-electron chi connectivity index (χ2n) is 6.58. The topological polar surface area (TPSA) is 55.4 Å². The summed E-state index contributed by atoms with van der Waals surface area (Å²) in [6.07, 6.45) is 0. The highest BCUT2D eigenvalue weighted by atomic mass is 35.5. The molecule has 7 heteroatoms. The summed E-state index contributed by atoms with van der Waals surface area (Å²) in [4.78, 5) is 0. The zero-order valence-corrected chi connectivity index (χ0v) is 18.0.